The second-order valence-electron chi connectivity index (χ2n) is 5.48. The van der Waals surface area contributed by atoms with Crippen LogP contribution in [0.3, 0.4) is 0 Å². The average molecular weight is 256 g/mol. The van der Waals surface area contributed by atoms with E-state index in [1.165, 1.54) is 11.8 Å². The van der Waals surface area contributed by atoms with Crippen molar-refractivity contribution in [3.63, 3.8) is 0 Å². The summed E-state index contributed by atoms with van der Waals surface area (Å²) >= 11 is 0. The van der Waals surface area contributed by atoms with Crippen LogP contribution in [-0.4, -0.2) is 34.2 Å². The second kappa shape index (κ2) is 5.27. The van der Waals surface area contributed by atoms with Crippen LogP contribution in [0.25, 0.3) is 10.9 Å². The number of para-hydroxylation sites is 1. The van der Waals surface area contributed by atoms with Crippen molar-refractivity contribution in [2.24, 2.45) is 5.92 Å². The molecular formula is C16H20N2O. The highest BCUT2D eigenvalue weighted by Gasteiger charge is 2.30. The smallest absolute Gasteiger partial charge is 0.0705 e. The van der Waals surface area contributed by atoms with Crippen molar-refractivity contribution < 1.29 is 5.11 Å². The summed E-state index contributed by atoms with van der Waals surface area (Å²) in [6, 6.07) is 12.7. The van der Waals surface area contributed by atoms with Crippen molar-refractivity contribution in [3.8, 4) is 0 Å². The van der Waals surface area contributed by atoms with Gasteiger partial charge in [-0.2, -0.15) is 0 Å². The van der Waals surface area contributed by atoms with E-state index in [1.54, 1.807) is 0 Å². The number of nitrogens with zero attached hydrogens (tertiary/aromatic N) is 2. The van der Waals surface area contributed by atoms with Gasteiger partial charge in [-0.15, -0.1) is 0 Å². The molecule has 100 valence electrons. The molecule has 0 amide bonds. The summed E-state index contributed by atoms with van der Waals surface area (Å²) in [7, 11) is 0. The number of benzene rings is 1. The lowest BCUT2D eigenvalue weighted by Gasteiger charge is -2.24. The quantitative estimate of drug-likeness (QED) is 0.916. The summed E-state index contributed by atoms with van der Waals surface area (Å²) in [6.07, 6.45) is 1.17. The Kier molecular flexibility index (Phi) is 3.49. The van der Waals surface area contributed by atoms with E-state index in [9.17, 15) is 5.11 Å². The average Bonchev–Trinajstić information content (AvgIpc) is 2.79. The van der Waals surface area contributed by atoms with Crippen LogP contribution in [0.1, 0.15) is 19.0 Å². The van der Waals surface area contributed by atoms with E-state index in [0.717, 1.165) is 24.3 Å². The van der Waals surface area contributed by atoms with Gasteiger partial charge in [-0.25, -0.2) is 0 Å². The number of hydrogen-bond donors (Lipinski definition) is 1. The Morgan fingerprint density at radius 1 is 1.26 bits per heavy atom. The highest BCUT2D eigenvalue weighted by Crippen LogP contribution is 2.25. The topological polar surface area (TPSA) is 36.4 Å². The van der Waals surface area contributed by atoms with Crippen molar-refractivity contribution in [1.82, 2.24) is 9.88 Å². The summed E-state index contributed by atoms with van der Waals surface area (Å²) in [5.41, 5.74) is 2.14. The fraction of sp³-hybridized carbons (Fsp3) is 0.438. The zero-order valence-electron chi connectivity index (χ0n) is 11.3. The minimum Gasteiger partial charge on any atom is -0.395 e. The zero-order valence-corrected chi connectivity index (χ0v) is 11.3. The largest absolute Gasteiger partial charge is 0.395 e. The summed E-state index contributed by atoms with van der Waals surface area (Å²) in [4.78, 5) is 7.06. The third-order valence-electron chi connectivity index (χ3n) is 4.21. The van der Waals surface area contributed by atoms with Crippen LogP contribution < -0.4 is 0 Å². The lowest BCUT2D eigenvalue weighted by atomic mass is 10.0. The van der Waals surface area contributed by atoms with Gasteiger partial charge < -0.3 is 5.11 Å². The molecule has 0 bridgehead atoms. The van der Waals surface area contributed by atoms with Gasteiger partial charge in [0.2, 0.25) is 0 Å². The molecule has 0 saturated carbocycles. The van der Waals surface area contributed by atoms with Gasteiger partial charge >= 0.3 is 0 Å². The lowest BCUT2D eigenvalue weighted by molar-refractivity contribution is 0.133. The molecule has 2 atom stereocenters. The van der Waals surface area contributed by atoms with Gasteiger partial charge in [0.05, 0.1) is 17.8 Å². The molecule has 1 aliphatic rings. The zero-order chi connectivity index (χ0) is 13.2. The monoisotopic (exact) mass is 256 g/mol. The van der Waals surface area contributed by atoms with Gasteiger partial charge in [0.25, 0.3) is 0 Å². The highest BCUT2D eigenvalue weighted by atomic mass is 16.3. The number of aliphatic hydroxyl groups is 1. The maximum Gasteiger partial charge on any atom is 0.0705 e. The van der Waals surface area contributed by atoms with Crippen LogP contribution in [0.15, 0.2) is 36.4 Å². The van der Waals surface area contributed by atoms with Gasteiger partial charge in [0, 0.05) is 18.0 Å². The molecule has 1 fully saturated rings. The van der Waals surface area contributed by atoms with Crippen LogP contribution in [-0.2, 0) is 6.54 Å². The van der Waals surface area contributed by atoms with E-state index >= 15 is 0 Å². The van der Waals surface area contributed by atoms with Crippen molar-refractivity contribution in [3.05, 3.63) is 42.1 Å². The van der Waals surface area contributed by atoms with Crippen LogP contribution in [0.2, 0.25) is 0 Å². The Labute approximate surface area is 113 Å². The predicted octanol–water partition coefficient (Wildman–Crippen LogP) is 2.44. The van der Waals surface area contributed by atoms with Gasteiger partial charge in [0.1, 0.15) is 0 Å². The van der Waals surface area contributed by atoms with Crippen molar-refractivity contribution >= 4 is 10.9 Å². The minimum atomic E-state index is 0.245. The summed E-state index contributed by atoms with van der Waals surface area (Å²) in [6.45, 7) is 4.35. The standard InChI is InChI=1S/C16H20N2O/c1-12-8-9-18(16(12)11-19)10-14-7-6-13-4-2-3-5-15(13)17-14/h2-7,12,16,19H,8-11H2,1H3. The molecule has 19 heavy (non-hydrogen) atoms. The number of aromatic nitrogens is 1. The SMILES string of the molecule is CC1CCN(Cc2ccc3ccccc3n2)C1CO. The first-order valence-electron chi connectivity index (χ1n) is 6.97. The molecule has 0 radical (unpaired) electrons. The normalized spacial score (nSPS) is 24.1. The number of fused-ring (bicyclic) bond motifs is 1. The molecule has 0 spiro atoms. The summed E-state index contributed by atoms with van der Waals surface area (Å²) < 4.78 is 0. The Morgan fingerprint density at radius 2 is 2.11 bits per heavy atom. The Balaban J connectivity index is 1.81. The second-order valence-corrected chi connectivity index (χ2v) is 5.48. The predicted molar refractivity (Wildman–Crippen MR) is 76.8 cm³/mol. The lowest BCUT2D eigenvalue weighted by Crippen LogP contribution is -2.34. The first-order chi connectivity index (χ1) is 9.28. The van der Waals surface area contributed by atoms with Crippen molar-refractivity contribution in [1.29, 1.82) is 0 Å². The minimum absolute atomic E-state index is 0.245. The number of hydrogen-bond acceptors (Lipinski definition) is 3. The molecule has 3 nitrogen and oxygen atoms in total. The fourth-order valence-electron chi connectivity index (χ4n) is 2.98. The number of aliphatic hydroxyl groups excluding tert-OH is 1. The van der Waals surface area contributed by atoms with E-state index in [1.807, 2.05) is 12.1 Å². The van der Waals surface area contributed by atoms with E-state index in [4.69, 9.17) is 4.98 Å². The van der Waals surface area contributed by atoms with Gasteiger partial charge in [-0.05, 0) is 31.0 Å². The van der Waals surface area contributed by atoms with Crippen LogP contribution in [0.4, 0.5) is 0 Å². The molecule has 2 aromatic rings. The van der Waals surface area contributed by atoms with Crippen molar-refractivity contribution in [2.45, 2.75) is 25.9 Å². The first-order valence-corrected chi connectivity index (χ1v) is 6.97. The number of likely N-dealkylation sites (tertiary alicyclic amines) is 1. The first kappa shape index (κ1) is 12.6. The molecule has 1 aliphatic heterocycles. The highest BCUT2D eigenvalue weighted by molar-refractivity contribution is 5.78. The van der Waals surface area contributed by atoms with E-state index in [0.29, 0.717) is 5.92 Å². The molecule has 1 aromatic carbocycles. The molecule has 1 aromatic heterocycles. The number of pyridine rings is 1. The van der Waals surface area contributed by atoms with Crippen LogP contribution in [0.5, 0.6) is 0 Å². The van der Waals surface area contributed by atoms with E-state index in [2.05, 4.69) is 36.1 Å². The molecule has 1 saturated heterocycles. The Bertz CT molecular complexity index is 569. The third kappa shape index (κ3) is 2.48. The van der Waals surface area contributed by atoms with Crippen LogP contribution >= 0.6 is 0 Å². The van der Waals surface area contributed by atoms with Gasteiger partial charge in [-0.1, -0.05) is 31.2 Å². The summed E-state index contributed by atoms with van der Waals surface area (Å²) in [5, 5.41) is 10.7. The fourth-order valence-corrected chi connectivity index (χ4v) is 2.98. The molecular weight excluding hydrogens is 236 g/mol. The van der Waals surface area contributed by atoms with E-state index in [-0.39, 0.29) is 12.6 Å². The molecule has 2 heterocycles. The summed E-state index contributed by atoms with van der Waals surface area (Å²) in [5.74, 6) is 0.574. The third-order valence-corrected chi connectivity index (χ3v) is 4.21. The molecule has 3 rings (SSSR count). The molecule has 2 unspecified atom stereocenters. The maximum atomic E-state index is 9.49. The molecule has 1 N–H and O–H groups in total. The van der Waals surface area contributed by atoms with E-state index < -0.39 is 0 Å². The van der Waals surface area contributed by atoms with Crippen LogP contribution in [0, 0.1) is 5.92 Å². The molecule has 3 heteroatoms. The number of rotatable bonds is 3. The van der Waals surface area contributed by atoms with Gasteiger partial charge in [-0.3, -0.25) is 9.88 Å². The van der Waals surface area contributed by atoms with Crippen molar-refractivity contribution in [2.75, 3.05) is 13.2 Å². The molecule has 0 aliphatic carbocycles. The maximum absolute atomic E-state index is 9.49. The van der Waals surface area contributed by atoms with Gasteiger partial charge in [0.15, 0.2) is 0 Å². The Morgan fingerprint density at radius 3 is 2.95 bits per heavy atom. The Hall–Kier alpha value is -1.45.